The average Bonchev–Trinajstić information content (AvgIpc) is 3.14. The first-order valence-corrected chi connectivity index (χ1v) is 9.92. The van der Waals surface area contributed by atoms with Crippen LogP contribution in [0.25, 0.3) is 5.70 Å². The van der Waals surface area contributed by atoms with E-state index in [0.29, 0.717) is 18.8 Å². The van der Waals surface area contributed by atoms with Crippen molar-refractivity contribution in [2.45, 2.75) is 18.9 Å². The summed E-state index contributed by atoms with van der Waals surface area (Å²) in [5.74, 6) is 2.24. The van der Waals surface area contributed by atoms with E-state index in [0.717, 1.165) is 32.9 Å². The van der Waals surface area contributed by atoms with Crippen LogP contribution < -0.4 is 10.1 Å². The zero-order valence-corrected chi connectivity index (χ0v) is 17.1. The molecule has 2 heterocycles. The van der Waals surface area contributed by atoms with Crippen LogP contribution in [0.5, 0.6) is 5.75 Å². The standard InChI is InChI=1S/C21H21BrN4O2/c1-28-17-9-7-14(8-10-17)18-13-19(15-4-2-5-16(22)12-15)26-21(23-18)24-20(25-26)6-3-11-27/h2,4-5,7-10,12-13,19,27H,3,6,11H2,1H3,(H,23,24,25)/t19-/m0/s1. The molecule has 0 amide bonds. The van der Waals surface area contributed by atoms with Crippen LogP contribution in [0.4, 0.5) is 5.95 Å². The fourth-order valence-corrected chi connectivity index (χ4v) is 3.66. The number of benzene rings is 2. The lowest BCUT2D eigenvalue weighted by Crippen LogP contribution is -2.20. The number of nitrogens with one attached hydrogen (secondary N) is 1. The number of aromatic nitrogens is 3. The lowest BCUT2D eigenvalue weighted by atomic mass is 10.0. The first-order valence-electron chi connectivity index (χ1n) is 9.13. The Labute approximate surface area is 172 Å². The molecule has 0 bridgehead atoms. The number of halogens is 1. The number of aliphatic hydroxyl groups excluding tert-OH is 1. The van der Waals surface area contributed by atoms with E-state index in [4.69, 9.17) is 9.84 Å². The number of nitrogens with zero attached hydrogens (tertiary/aromatic N) is 3. The van der Waals surface area contributed by atoms with Gasteiger partial charge in [0.1, 0.15) is 11.8 Å². The summed E-state index contributed by atoms with van der Waals surface area (Å²) in [6, 6.07) is 16.1. The molecule has 0 saturated heterocycles. The van der Waals surface area contributed by atoms with Gasteiger partial charge in [-0.2, -0.15) is 10.1 Å². The highest BCUT2D eigenvalue weighted by atomic mass is 79.9. The minimum atomic E-state index is -0.0822. The largest absolute Gasteiger partial charge is 0.497 e. The van der Waals surface area contributed by atoms with Crippen LogP contribution in [-0.2, 0) is 6.42 Å². The van der Waals surface area contributed by atoms with Crippen molar-refractivity contribution in [3.05, 3.63) is 76.0 Å². The van der Waals surface area contributed by atoms with Crippen molar-refractivity contribution in [3.63, 3.8) is 0 Å². The predicted molar refractivity (Wildman–Crippen MR) is 112 cm³/mol. The third-order valence-electron chi connectivity index (χ3n) is 4.66. The number of methoxy groups -OCH3 is 1. The second-order valence-electron chi connectivity index (χ2n) is 6.56. The smallest absolute Gasteiger partial charge is 0.226 e. The van der Waals surface area contributed by atoms with Crippen molar-refractivity contribution in [2.75, 3.05) is 19.0 Å². The van der Waals surface area contributed by atoms with Gasteiger partial charge in [-0.25, -0.2) is 4.68 Å². The molecule has 6 nitrogen and oxygen atoms in total. The number of aliphatic hydroxyl groups is 1. The fraction of sp³-hybridized carbons (Fsp3) is 0.238. The molecule has 1 atom stereocenters. The van der Waals surface area contributed by atoms with E-state index in [2.05, 4.69) is 49.5 Å². The van der Waals surface area contributed by atoms with Crippen molar-refractivity contribution in [1.82, 2.24) is 14.8 Å². The van der Waals surface area contributed by atoms with Crippen molar-refractivity contribution in [2.24, 2.45) is 0 Å². The quantitative estimate of drug-likeness (QED) is 0.605. The maximum Gasteiger partial charge on any atom is 0.226 e. The van der Waals surface area contributed by atoms with E-state index in [1.165, 1.54) is 0 Å². The summed E-state index contributed by atoms with van der Waals surface area (Å²) >= 11 is 3.56. The monoisotopic (exact) mass is 440 g/mol. The molecule has 1 aliphatic rings. The summed E-state index contributed by atoms with van der Waals surface area (Å²) in [7, 11) is 1.66. The van der Waals surface area contributed by atoms with Crippen LogP contribution in [0.2, 0.25) is 0 Å². The first-order chi connectivity index (χ1) is 13.7. The molecule has 7 heteroatoms. The molecule has 2 aromatic carbocycles. The maximum atomic E-state index is 9.12. The Morgan fingerprint density at radius 2 is 2.04 bits per heavy atom. The van der Waals surface area contributed by atoms with Crippen LogP contribution in [0.15, 0.2) is 59.1 Å². The summed E-state index contributed by atoms with van der Waals surface area (Å²) in [5.41, 5.74) is 3.13. The van der Waals surface area contributed by atoms with Crippen LogP contribution in [0.3, 0.4) is 0 Å². The van der Waals surface area contributed by atoms with E-state index in [1.807, 2.05) is 41.1 Å². The molecule has 0 aliphatic carbocycles. The number of hydrogen-bond donors (Lipinski definition) is 2. The van der Waals surface area contributed by atoms with Gasteiger partial charge in [0.05, 0.1) is 7.11 Å². The van der Waals surface area contributed by atoms with Gasteiger partial charge in [-0.15, -0.1) is 0 Å². The van der Waals surface area contributed by atoms with Gasteiger partial charge < -0.3 is 15.2 Å². The molecule has 0 radical (unpaired) electrons. The number of fused-ring (bicyclic) bond motifs is 1. The van der Waals surface area contributed by atoms with Gasteiger partial charge >= 0.3 is 0 Å². The Balaban J connectivity index is 1.75. The SMILES string of the molecule is COc1ccc(C2=C[C@@H](c3cccc(Br)c3)n3nc(CCCO)nc3N2)cc1. The van der Waals surface area contributed by atoms with E-state index < -0.39 is 0 Å². The van der Waals surface area contributed by atoms with Crippen molar-refractivity contribution in [3.8, 4) is 5.75 Å². The lowest BCUT2D eigenvalue weighted by molar-refractivity contribution is 0.287. The van der Waals surface area contributed by atoms with Crippen LogP contribution in [0.1, 0.15) is 29.4 Å². The molecule has 0 fully saturated rings. The summed E-state index contributed by atoms with van der Waals surface area (Å²) in [5, 5.41) is 17.2. The number of aryl methyl sites for hydroxylation is 1. The molecule has 3 aromatic rings. The number of rotatable bonds is 6. The number of ether oxygens (including phenoxy) is 1. The van der Waals surface area contributed by atoms with E-state index >= 15 is 0 Å². The Hall–Kier alpha value is -2.64. The van der Waals surface area contributed by atoms with Gasteiger partial charge in [0.15, 0.2) is 5.82 Å². The maximum absolute atomic E-state index is 9.12. The highest BCUT2D eigenvalue weighted by Gasteiger charge is 2.25. The Morgan fingerprint density at radius 3 is 2.75 bits per heavy atom. The molecular formula is C21H21BrN4O2. The Morgan fingerprint density at radius 1 is 1.21 bits per heavy atom. The summed E-state index contributed by atoms with van der Waals surface area (Å²) in [6.07, 6.45) is 3.44. The number of anilines is 1. The Kier molecular flexibility index (Phi) is 5.45. The topological polar surface area (TPSA) is 72.2 Å². The zero-order valence-electron chi connectivity index (χ0n) is 15.5. The van der Waals surface area contributed by atoms with Gasteiger partial charge in [-0.1, -0.05) is 28.1 Å². The van der Waals surface area contributed by atoms with Crippen molar-refractivity contribution < 1.29 is 9.84 Å². The van der Waals surface area contributed by atoms with Crippen molar-refractivity contribution in [1.29, 1.82) is 0 Å². The predicted octanol–water partition coefficient (Wildman–Crippen LogP) is 4.03. The molecule has 144 valence electrons. The molecule has 0 unspecified atom stereocenters. The van der Waals surface area contributed by atoms with Crippen molar-refractivity contribution >= 4 is 27.6 Å². The highest BCUT2D eigenvalue weighted by Crippen LogP contribution is 2.33. The minimum absolute atomic E-state index is 0.0822. The second kappa shape index (κ2) is 8.16. The third kappa shape index (κ3) is 3.81. The average molecular weight is 441 g/mol. The van der Waals surface area contributed by atoms with E-state index in [1.54, 1.807) is 7.11 Å². The summed E-state index contributed by atoms with van der Waals surface area (Å²) < 4.78 is 8.19. The minimum Gasteiger partial charge on any atom is -0.497 e. The molecule has 0 saturated carbocycles. The molecule has 1 aliphatic heterocycles. The van der Waals surface area contributed by atoms with Gasteiger partial charge in [-0.3, -0.25) is 0 Å². The normalized spacial score (nSPS) is 15.5. The van der Waals surface area contributed by atoms with Gasteiger partial charge in [0, 0.05) is 23.2 Å². The molecule has 28 heavy (non-hydrogen) atoms. The van der Waals surface area contributed by atoms with Gasteiger partial charge in [0.25, 0.3) is 0 Å². The summed E-state index contributed by atoms with van der Waals surface area (Å²) in [6.45, 7) is 0.127. The molecular weight excluding hydrogens is 420 g/mol. The van der Waals surface area contributed by atoms with Crippen LogP contribution in [-0.4, -0.2) is 33.6 Å². The van der Waals surface area contributed by atoms with Gasteiger partial charge in [-0.05, 0) is 60.0 Å². The number of hydrogen-bond acceptors (Lipinski definition) is 5. The van der Waals surface area contributed by atoms with Crippen LogP contribution >= 0.6 is 15.9 Å². The zero-order chi connectivity index (χ0) is 19.5. The van der Waals surface area contributed by atoms with Crippen LogP contribution in [0, 0.1) is 0 Å². The highest BCUT2D eigenvalue weighted by molar-refractivity contribution is 9.10. The van der Waals surface area contributed by atoms with E-state index in [-0.39, 0.29) is 12.6 Å². The molecule has 0 spiro atoms. The fourth-order valence-electron chi connectivity index (χ4n) is 3.25. The Bertz CT molecular complexity index is 998. The van der Waals surface area contributed by atoms with E-state index in [9.17, 15) is 0 Å². The van der Waals surface area contributed by atoms with Gasteiger partial charge in [0.2, 0.25) is 5.95 Å². The summed E-state index contributed by atoms with van der Waals surface area (Å²) in [4.78, 5) is 4.65. The lowest BCUT2D eigenvalue weighted by Gasteiger charge is -2.24. The molecule has 4 rings (SSSR count). The number of allylic oxidation sites excluding steroid dienone is 1. The second-order valence-corrected chi connectivity index (χ2v) is 7.47. The first kappa shape index (κ1) is 18.7. The molecule has 2 N–H and O–H groups in total. The molecule has 1 aromatic heterocycles. The third-order valence-corrected chi connectivity index (χ3v) is 5.15.